The van der Waals surface area contributed by atoms with E-state index in [1.807, 2.05) is 24.3 Å². The van der Waals surface area contributed by atoms with E-state index in [0.29, 0.717) is 11.8 Å². The number of thioether (sulfide) groups is 1. The van der Waals surface area contributed by atoms with Crippen LogP contribution in [0.15, 0.2) is 33.8 Å². The van der Waals surface area contributed by atoms with E-state index in [-0.39, 0.29) is 0 Å². The number of hydrogen-bond acceptors (Lipinski definition) is 4. The number of benzene rings is 1. The molecule has 0 saturated carbocycles. The maximum atomic E-state index is 5.48. The molecular weight excluding hydrogens is 278 g/mol. The molecule has 0 unspecified atom stereocenters. The molecule has 4 nitrogen and oxygen atoms in total. The molecule has 0 aliphatic heterocycles. The minimum Gasteiger partial charge on any atom is -0.493 e. The van der Waals surface area contributed by atoms with Crippen LogP contribution in [0.4, 0.5) is 0 Å². The maximum absolute atomic E-state index is 5.48. The number of hydrogen-bond donors (Lipinski definition) is 2. The number of ether oxygens (including phenoxy) is 1. The third kappa shape index (κ3) is 4.94. The molecule has 1 rings (SSSR count). The lowest BCUT2D eigenvalue weighted by Crippen LogP contribution is -2.12. The Hall–Kier alpha value is -0.880. The average molecular weight is 290 g/mol. The highest BCUT2D eigenvalue weighted by atomic mass is 79.9. The van der Waals surface area contributed by atoms with Crippen LogP contribution < -0.4 is 16.3 Å². The van der Waals surface area contributed by atoms with Crippen molar-refractivity contribution in [3.05, 3.63) is 28.7 Å². The average Bonchev–Trinajstić information content (AvgIpc) is 2.24. The Balaban J connectivity index is 2.26. The molecule has 0 aliphatic carbocycles. The van der Waals surface area contributed by atoms with Crippen LogP contribution in [-0.2, 0) is 0 Å². The largest absolute Gasteiger partial charge is 0.493 e. The summed E-state index contributed by atoms with van der Waals surface area (Å²) in [6.07, 6.45) is 0. The Morgan fingerprint density at radius 3 is 3.00 bits per heavy atom. The molecule has 0 heterocycles. The summed E-state index contributed by atoms with van der Waals surface area (Å²) in [6, 6.07) is 7.67. The fraction of sp³-hybridized carbons (Fsp3) is 0.222. The predicted octanol–water partition coefficient (Wildman–Crippen LogP) is 1.75. The summed E-state index contributed by atoms with van der Waals surface area (Å²) in [5.41, 5.74) is 5.40. The van der Waals surface area contributed by atoms with E-state index in [1.54, 1.807) is 0 Å². The molecule has 0 bridgehead atoms. The standard InChI is InChI=1S/C9H12BrN3OS/c10-7-2-1-3-8(6-7)14-4-5-15-9(11)13-12/h1-3,6H,4-5,12H2,(H2,11,13). The van der Waals surface area contributed by atoms with Gasteiger partial charge in [-0.15, -0.1) is 0 Å². The van der Waals surface area contributed by atoms with Gasteiger partial charge in [-0.2, -0.15) is 5.10 Å². The molecule has 0 fully saturated rings. The molecule has 4 N–H and O–H groups in total. The molecule has 0 aromatic heterocycles. The van der Waals surface area contributed by atoms with Gasteiger partial charge in [-0.25, -0.2) is 0 Å². The van der Waals surface area contributed by atoms with Crippen LogP contribution in [0, 0.1) is 0 Å². The van der Waals surface area contributed by atoms with Crippen LogP contribution in [-0.4, -0.2) is 17.5 Å². The van der Waals surface area contributed by atoms with Gasteiger partial charge in [0.25, 0.3) is 0 Å². The summed E-state index contributed by atoms with van der Waals surface area (Å²) in [5, 5.41) is 3.71. The monoisotopic (exact) mass is 289 g/mol. The van der Waals surface area contributed by atoms with Crippen LogP contribution in [0.1, 0.15) is 0 Å². The van der Waals surface area contributed by atoms with Crippen molar-refractivity contribution >= 4 is 32.9 Å². The molecule has 0 amide bonds. The molecule has 0 atom stereocenters. The highest BCUT2D eigenvalue weighted by molar-refractivity contribution is 9.10. The number of halogens is 1. The lowest BCUT2D eigenvalue weighted by atomic mass is 10.3. The van der Waals surface area contributed by atoms with Gasteiger partial charge in [0.1, 0.15) is 5.75 Å². The van der Waals surface area contributed by atoms with Crippen LogP contribution in [0.25, 0.3) is 0 Å². The number of nitrogens with two attached hydrogens (primary N) is 2. The first kappa shape index (κ1) is 12.2. The predicted molar refractivity (Wildman–Crippen MR) is 67.9 cm³/mol. The normalized spacial score (nSPS) is 11.4. The number of hydrazone groups is 1. The van der Waals surface area contributed by atoms with E-state index in [1.165, 1.54) is 11.8 Å². The first-order chi connectivity index (χ1) is 7.22. The molecule has 82 valence electrons. The Bertz CT molecular complexity index is 346. The van der Waals surface area contributed by atoms with Crippen molar-refractivity contribution in [2.75, 3.05) is 12.4 Å². The maximum Gasteiger partial charge on any atom is 0.177 e. The van der Waals surface area contributed by atoms with E-state index in [4.69, 9.17) is 16.3 Å². The van der Waals surface area contributed by atoms with Gasteiger partial charge >= 0.3 is 0 Å². The molecule has 0 radical (unpaired) electrons. The molecule has 15 heavy (non-hydrogen) atoms. The van der Waals surface area contributed by atoms with E-state index < -0.39 is 0 Å². The van der Waals surface area contributed by atoms with Crippen LogP contribution >= 0.6 is 27.7 Å². The summed E-state index contributed by atoms with van der Waals surface area (Å²) in [7, 11) is 0. The van der Waals surface area contributed by atoms with E-state index in [0.717, 1.165) is 16.0 Å². The Labute approximate surface area is 101 Å². The van der Waals surface area contributed by atoms with Gasteiger partial charge in [0.15, 0.2) is 5.17 Å². The van der Waals surface area contributed by atoms with Crippen LogP contribution in [0.5, 0.6) is 5.75 Å². The minimum atomic E-state index is 0.368. The van der Waals surface area contributed by atoms with Gasteiger partial charge in [-0.1, -0.05) is 33.8 Å². The summed E-state index contributed by atoms with van der Waals surface area (Å²) in [4.78, 5) is 0. The van der Waals surface area contributed by atoms with Crippen molar-refractivity contribution in [1.82, 2.24) is 0 Å². The number of rotatable bonds is 4. The van der Waals surface area contributed by atoms with Crippen molar-refractivity contribution in [2.45, 2.75) is 0 Å². The molecule has 1 aromatic rings. The highest BCUT2D eigenvalue weighted by Crippen LogP contribution is 2.17. The molecule has 1 aromatic carbocycles. The van der Waals surface area contributed by atoms with E-state index in [2.05, 4.69) is 21.0 Å². The van der Waals surface area contributed by atoms with Crippen molar-refractivity contribution in [1.29, 1.82) is 0 Å². The fourth-order valence-corrected chi connectivity index (χ4v) is 1.73. The third-order valence-corrected chi connectivity index (χ3v) is 2.79. The van der Waals surface area contributed by atoms with E-state index >= 15 is 0 Å². The minimum absolute atomic E-state index is 0.368. The Morgan fingerprint density at radius 2 is 2.33 bits per heavy atom. The summed E-state index contributed by atoms with van der Waals surface area (Å²) in [6.45, 7) is 0.567. The smallest absolute Gasteiger partial charge is 0.177 e. The SMILES string of the molecule is NN=C(N)SCCOc1cccc(Br)c1. The second kappa shape index (κ2) is 6.58. The van der Waals surface area contributed by atoms with Gasteiger partial charge < -0.3 is 16.3 Å². The van der Waals surface area contributed by atoms with Crippen LogP contribution in [0.2, 0.25) is 0 Å². The zero-order valence-electron chi connectivity index (χ0n) is 8.02. The molecular formula is C9H12BrN3OS. The van der Waals surface area contributed by atoms with Gasteiger partial charge in [0.2, 0.25) is 0 Å². The highest BCUT2D eigenvalue weighted by Gasteiger charge is 1.96. The molecule has 0 saturated heterocycles. The second-order valence-electron chi connectivity index (χ2n) is 2.62. The topological polar surface area (TPSA) is 73.6 Å². The first-order valence-corrected chi connectivity index (χ1v) is 6.05. The molecule has 0 spiro atoms. The van der Waals surface area contributed by atoms with Gasteiger partial charge in [-0.05, 0) is 18.2 Å². The zero-order valence-corrected chi connectivity index (χ0v) is 10.4. The third-order valence-electron chi connectivity index (χ3n) is 1.53. The number of nitrogens with zero attached hydrogens (tertiary/aromatic N) is 1. The first-order valence-electron chi connectivity index (χ1n) is 4.27. The molecule has 0 aliphatic rings. The summed E-state index contributed by atoms with van der Waals surface area (Å²) < 4.78 is 6.48. The summed E-state index contributed by atoms with van der Waals surface area (Å²) in [5.74, 6) is 6.53. The lowest BCUT2D eigenvalue weighted by molar-refractivity contribution is 0.344. The van der Waals surface area contributed by atoms with Crippen molar-refractivity contribution in [3.8, 4) is 5.75 Å². The second-order valence-corrected chi connectivity index (χ2v) is 4.65. The fourth-order valence-electron chi connectivity index (χ4n) is 0.900. The zero-order chi connectivity index (χ0) is 11.1. The Morgan fingerprint density at radius 1 is 1.53 bits per heavy atom. The van der Waals surface area contributed by atoms with Crippen molar-refractivity contribution in [2.24, 2.45) is 16.7 Å². The van der Waals surface area contributed by atoms with Crippen molar-refractivity contribution in [3.63, 3.8) is 0 Å². The van der Waals surface area contributed by atoms with Crippen LogP contribution in [0.3, 0.4) is 0 Å². The number of amidine groups is 1. The van der Waals surface area contributed by atoms with Gasteiger partial charge in [-0.3, -0.25) is 0 Å². The summed E-state index contributed by atoms with van der Waals surface area (Å²) >= 11 is 4.73. The van der Waals surface area contributed by atoms with E-state index in [9.17, 15) is 0 Å². The van der Waals surface area contributed by atoms with Gasteiger partial charge in [0, 0.05) is 10.2 Å². The van der Waals surface area contributed by atoms with Crippen molar-refractivity contribution < 1.29 is 4.74 Å². The lowest BCUT2D eigenvalue weighted by Gasteiger charge is -2.05. The molecule has 6 heteroatoms. The Kier molecular flexibility index (Phi) is 5.34. The van der Waals surface area contributed by atoms with Gasteiger partial charge in [0.05, 0.1) is 6.61 Å². The quantitative estimate of drug-likeness (QED) is 0.291.